The molecule has 1 fully saturated rings. The molecule has 0 atom stereocenters. The number of anilines is 2. The average molecular weight is 373 g/mol. The Morgan fingerprint density at radius 2 is 1.85 bits per heavy atom. The lowest BCUT2D eigenvalue weighted by Crippen LogP contribution is -2.44. The highest BCUT2D eigenvalue weighted by Crippen LogP contribution is 2.30. The molecule has 1 aromatic carbocycles. The summed E-state index contributed by atoms with van der Waals surface area (Å²) in [6, 6.07) is 3.69. The van der Waals surface area contributed by atoms with Crippen LogP contribution in [0.1, 0.15) is 5.56 Å². The largest absolute Gasteiger partial charge is 0.378 e. The topological polar surface area (TPSA) is 66.0 Å². The van der Waals surface area contributed by atoms with Crippen molar-refractivity contribution in [1.29, 1.82) is 0 Å². The number of hydrogen-bond donors (Lipinski definition) is 2. The number of halogens is 2. The first kappa shape index (κ1) is 16.9. The predicted molar refractivity (Wildman–Crippen MR) is 101 cm³/mol. The van der Waals surface area contributed by atoms with Gasteiger partial charge in [0, 0.05) is 50.1 Å². The number of fused-ring (bicyclic) bond motifs is 1. The fraction of sp³-hybridized carbons (Fsp3) is 0.278. The molecule has 0 radical (unpaired) electrons. The van der Waals surface area contributed by atoms with Gasteiger partial charge in [0.05, 0.1) is 34.8 Å². The van der Waals surface area contributed by atoms with Gasteiger partial charge in [-0.2, -0.15) is 0 Å². The number of nitrogens with one attached hydrogen (secondary N) is 2. The van der Waals surface area contributed by atoms with E-state index in [-0.39, 0.29) is 5.82 Å². The second-order valence-corrected chi connectivity index (χ2v) is 6.50. The Hall–Kier alpha value is -2.51. The standard InChI is InChI=1S/C18H18ClFN6/c19-13-8-16-15(23-1-2-24-16)7-12(13)9-25-17-11-22-10-14(20)18(17)26-5-3-21-4-6-26/h1-2,7-8,10-11,21,25H,3-6,9H2. The van der Waals surface area contributed by atoms with Crippen LogP contribution in [-0.4, -0.2) is 41.1 Å². The fourth-order valence-corrected chi connectivity index (χ4v) is 3.35. The van der Waals surface area contributed by atoms with Gasteiger partial charge in [0.1, 0.15) is 0 Å². The van der Waals surface area contributed by atoms with E-state index in [0.717, 1.165) is 42.8 Å². The first-order valence-electron chi connectivity index (χ1n) is 8.44. The molecule has 26 heavy (non-hydrogen) atoms. The van der Waals surface area contributed by atoms with Gasteiger partial charge in [0.25, 0.3) is 0 Å². The van der Waals surface area contributed by atoms with Gasteiger partial charge < -0.3 is 15.5 Å². The van der Waals surface area contributed by atoms with Crippen LogP contribution in [0, 0.1) is 5.82 Å². The van der Waals surface area contributed by atoms with Crippen molar-refractivity contribution in [2.45, 2.75) is 6.54 Å². The van der Waals surface area contributed by atoms with Crippen molar-refractivity contribution in [3.05, 3.63) is 53.3 Å². The fourth-order valence-electron chi connectivity index (χ4n) is 3.12. The maximum atomic E-state index is 14.4. The minimum Gasteiger partial charge on any atom is -0.378 e. The lowest BCUT2D eigenvalue weighted by Gasteiger charge is -2.31. The zero-order chi connectivity index (χ0) is 17.9. The minimum atomic E-state index is -0.327. The van der Waals surface area contributed by atoms with E-state index in [9.17, 15) is 4.39 Å². The molecule has 134 valence electrons. The van der Waals surface area contributed by atoms with Crippen LogP contribution in [0.4, 0.5) is 15.8 Å². The Morgan fingerprint density at radius 1 is 1.12 bits per heavy atom. The average Bonchev–Trinajstić information content (AvgIpc) is 2.67. The molecule has 2 aromatic heterocycles. The molecule has 0 aliphatic carbocycles. The number of piperazine rings is 1. The molecule has 8 heteroatoms. The third kappa shape index (κ3) is 3.40. The summed E-state index contributed by atoms with van der Waals surface area (Å²) in [6.07, 6.45) is 6.18. The second-order valence-electron chi connectivity index (χ2n) is 6.10. The molecule has 1 saturated heterocycles. The van der Waals surface area contributed by atoms with E-state index in [1.807, 2.05) is 11.0 Å². The normalized spacial score (nSPS) is 14.6. The first-order chi connectivity index (χ1) is 12.7. The van der Waals surface area contributed by atoms with E-state index in [1.165, 1.54) is 6.20 Å². The number of nitrogens with zero attached hydrogens (tertiary/aromatic N) is 4. The Kier molecular flexibility index (Phi) is 4.81. The monoisotopic (exact) mass is 372 g/mol. The smallest absolute Gasteiger partial charge is 0.166 e. The molecule has 1 aliphatic rings. The molecular weight excluding hydrogens is 355 g/mol. The van der Waals surface area contributed by atoms with Crippen molar-refractivity contribution >= 4 is 34.0 Å². The Balaban J connectivity index is 1.60. The van der Waals surface area contributed by atoms with Crippen LogP contribution in [0.15, 0.2) is 36.9 Å². The van der Waals surface area contributed by atoms with E-state index >= 15 is 0 Å². The van der Waals surface area contributed by atoms with E-state index in [2.05, 4.69) is 25.6 Å². The molecule has 0 unspecified atom stereocenters. The summed E-state index contributed by atoms with van der Waals surface area (Å²) in [5, 5.41) is 7.15. The molecule has 0 saturated carbocycles. The second kappa shape index (κ2) is 7.39. The third-order valence-electron chi connectivity index (χ3n) is 4.41. The molecule has 2 N–H and O–H groups in total. The molecule has 3 heterocycles. The van der Waals surface area contributed by atoms with Gasteiger partial charge in [0.2, 0.25) is 0 Å². The maximum Gasteiger partial charge on any atom is 0.166 e. The quantitative estimate of drug-likeness (QED) is 0.734. The van der Waals surface area contributed by atoms with Gasteiger partial charge >= 0.3 is 0 Å². The minimum absolute atomic E-state index is 0.327. The zero-order valence-corrected chi connectivity index (χ0v) is 14.8. The number of rotatable bonds is 4. The van der Waals surface area contributed by atoms with Gasteiger partial charge in [0.15, 0.2) is 5.82 Å². The zero-order valence-electron chi connectivity index (χ0n) is 14.0. The van der Waals surface area contributed by atoms with Crippen LogP contribution in [0.2, 0.25) is 5.02 Å². The van der Waals surface area contributed by atoms with Crippen molar-refractivity contribution < 1.29 is 4.39 Å². The number of hydrogen-bond acceptors (Lipinski definition) is 6. The van der Waals surface area contributed by atoms with Crippen molar-refractivity contribution in [3.8, 4) is 0 Å². The summed E-state index contributed by atoms with van der Waals surface area (Å²) in [5.74, 6) is -0.327. The van der Waals surface area contributed by atoms with Crippen LogP contribution in [0.3, 0.4) is 0 Å². The van der Waals surface area contributed by atoms with Crippen molar-refractivity contribution in [2.24, 2.45) is 0 Å². The number of aromatic nitrogens is 3. The summed E-state index contributed by atoms with van der Waals surface area (Å²) in [7, 11) is 0. The molecule has 0 bridgehead atoms. The van der Waals surface area contributed by atoms with Gasteiger partial charge in [-0.25, -0.2) is 4.39 Å². The molecule has 4 rings (SSSR count). The highest BCUT2D eigenvalue weighted by Gasteiger charge is 2.19. The van der Waals surface area contributed by atoms with Crippen LogP contribution in [0.5, 0.6) is 0 Å². The van der Waals surface area contributed by atoms with E-state index < -0.39 is 0 Å². The predicted octanol–water partition coefficient (Wildman–Crippen LogP) is 2.84. The van der Waals surface area contributed by atoms with Gasteiger partial charge in [-0.3, -0.25) is 15.0 Å². The molecule has 6 nitrogen and oxygen atoms in total. The summed E-state index contributed by atoms with van der Waals surface area (Å²) < 4.78 is 14.4. The van der Waals surface area contributed by atoms with Gasteiger partial charge in [-0.05, 0) is 17.7 Å². The number of pyridine rings is 1. The lowest BCUT2D eigenvalue weighted by molar-refractivity contribution is 0.564. The first-order valence-corrected chi connectivity index (χ1v) is 8.82. The summed E-state index contributed by atoms with van der Waals surface area (Å²) in [6.45, 7) is 3.60. The van der Waals surface area contributed by atoms with Crippen LogP contribution in [-0.2, 0) is 6.54 Å². The SMILES string of the molecule is Fc1cncc(NCc2cc3nccnc3cc2Cl)c1N1CCNCC1. The molecule has 0 spiro atoms. The molecule has 1 aliphatic heterocycles. The molecular formula is C18H18ClFN6. The Labute approximate surface area is 155 Å². The molecule has 0 amide bonds. The van der Waals surface area contributed by atoms with Crippen LogP contribution >= 0.6 is 11.6 Å². The Bertz CT molecular complexity index is 929. The molecule has 3 aromatic rings. The Morgan fingerprint density at radius 3 is 2.62 bits per heavy atom. The van der Waals surface area contributed by atoms with Crippen molar-refractivity contribution in [1.82, 2.24) is 20.3 Å². The summed E-state index contributed by atoms with van der Waals surface area (Å²) >= 11 is 6.37. The van der Waals surface area contributed by atoms with Gasteiger partial charge in [-0.1, -0.05) is 11.6 Å². The van der Waals surface area contributed by atoms with Crippen LogP contribution in [0.25, 0.3) is 11.0 Å². The van der Waals surface area contributed by atoms with E-state index in [4.69, 9.17) is 11.6 Å². The highest BCUT2D eigenvalue weighted by atomic mass is 35.5. The van der Waals surface area contributed by atoms with Crippen molar-refractivity contribution in [3.63, 3.8) is 0 Å². The van der Waals surface area contributed by atoms with E-state index in [1.54, 1.807) is 24.7 Å². The van der Waals surface area contributed by atoms with Crippen molar-refractivity contribution in [2.75, 3.05) is 36.4 Å². The van der Waals surface area contributed by atoms with E-state index in [0.29, 0.717) is 22.9 Å². The summed E-state index contributed by atoms with van der Waals surface area (Å²) in [5.41, 5.74) is 3.60. The third-order valence-corrected chi connectivity index (χ3v) is 4.76. The lowest BCUT2D eigenvalue weighted by atomic mass is 10.1. The summed E-state index contributed by atoms with van der Waals surface area (Å²) in [4.78, 5) is 14.6. The van der Waals surface area contributed by atoms with Gasteiger partial charge in [-0.15, -0.1) is 0 Å². The van der Waals surface area contributed by atoms with Crippen LogP contribution < -0.4 is 15.5 Å². The highest BCUT2D eigenvalue weighted by molar-refractivity contribution is 6.32. The number of benzene rings is 1. The maximum absolute atomic E-state index is 14.4.